The first-order chi connectivity index (χ1) is 41.3. The summed E-state index contributed by atoms with van der Waals surface area (Å²) in [6.45, 7) is 1.25. The average molecular weight is 1160 g/mol. The third-order valence-electron chi connectivity index (χ3n) is 15.2. The summed E-state index contributed by atoms with van der Waals surface area (Å²) < 4.78 is 0. The first-order valence-electron chi connectivity index (χ1n) is 27.5. The Morgan fingerprint density at radius 2 is 0.952 bits per heavy atom. The summed E-state index contributed by atoms with van der Waals surface area (Å²) in [5, 5.41) is 17.6. The molecule has 1 saturated carbocycles. The normalized spacial score (nSPS) is 16.6. The summed E-state index contributed by atoms with van der Waals surface area (Å²) in [5.41, 5.74) is 13.5. The average Bonchev–Trinajstić information content (AvgIpc) is 1.40. The highest BCUT2D eigenvalue weighted by molar-refractivity contribution is 8.00. The van der Waals surface area contributed by atoms with Crippen LogP contribution in [0, 0.1) is 5.92 Å². The van der Waals surface area contributed by atoms with Crippen LogP contribution in [0.25, 0.3) is 17.0 Å². The number of hydrogen-bond acceptors (Lipinski definition) is 12. The monoisotopic (exact) mass is 1160 g/mol. The molecule has 414 valence electrons. The summed E-state index contributed by atoms with van der Waals surface area (Å²) in [7, 11) is 4.95. The van der Waals surface area contributed by atoms with Crippen LogP contribution in [0.2, 0.25) is 0 Å². The van der Waals surface area contributed by atoms with Crippen molar-refractivity contribution in [1.29, 1.82) is 0 Å². The number of rotatable bonds is 15. The van der Waals surface area contributed by atoms with E-state index in [4.69, 9.17) is 20.1 Å². The molecular weight excluding hydrogens is 1100 g/mol. The maximum absolute atomic E-state index is 12.6. The zero-order valence-corrected chi connectivity index (χ0v) is 48.5. The number of carbonyl (C=O) groups is 3. The lowest BCUT2D eigenvalue weighted by molar-refractivity contribution is 0.0952. The summed E-state index contributed by atoms with van der Waals surface area (Å²) >= 11 is 4.74. The molecule has 0 saturated heterocycles. The topological polar surface area (TPSA) is 179 Å². The van der Waals surface area contributed by atoms with E-state index in [1.807, 2.05) is 128 Å². The van der Waals surface area contributed by atoms with Gasteiger partial charge in [-0.15, -0.1) is 0 Å². The molecule has 0 bridgehead atoms. The number of aromatic amines is 1. The molecule has 0 radical (unpaired) electrons. The Kier molecular flexibility index (Phi) is 16.5. The molecule has 2 aliphatic heterocycles. The highest BCUT2D eigenvalue weighted by Crippen LogP contribution is 2.63. The molecule has 1 fully saturated rings. The minimum Gasteiger partial charge on any atom is -0.355 e. The molecular formula is C68H56N10O3S3. The van der Waals surface area contributed by atoms with Crippen LogP contribution >= 0.6 is 35.3 Å². The number of hydrogen-bond donors (Lipinski definition) is 4. The number of nitrogens with zero attached hydrogens (tertiary/aromatic N) is 6. The predicted octanol–water partition coefficient (Wildman–Crippen LogP) is 13.3. The second-order valence-electron chi connectivity index (χ2n) is 20.1. The van der Waals surface area contributed by atoms with Crippen molar-refractivity contribution in [3.05, 3.63) is 268 Å². The van der Waals surface area contributed by atoms with Crippen molar-refractivity contribution in [3.63, 3.8) is 0 Å². The summed E-state index contributed by atoms with van der Waals surface area (Å²) in [6.07, 6.45) is 9.52. The standard InChI is InChI=1S/C45H37N7O2S2.C23H19N3OS/c1-46-44(53)31-11-3-5-15-36(31)55-27-17-19-29-26(23-27)25-50-42(29)40-38(33-13-7-9-21-48-33)41(39(40)34-14-8-10-22-49-34)43-30-20-18-28(24-35(30)51-52-43)56-37-16-6-4-12-32(37)45(54)47-2;1-24-23(27)20-7-2-3-8-22(20)28-18-10-11-19-16(14-18)15-26-21(19)12-9-17-6-4-5-13-25-17/h3-24,38-41H,25H2,1-2H3,(H,46,53)(H,47,54)(H,51,52);2-14H,15H2,1H3,(H,24,27)/b;12-9-. The van der Waals surface area contributed by atoms with Gasteiger partial charge in [-0.05, 0) is 139 Å². The fraction of sp³-hybridized carbons (Fsp3) is 0.132. The van der Waals surface area contributed by atoms with Gasteiger partial charge in [0, 0.05) is 132 Å². The Morgan fingerprint density at radius 3 is 1.48 bits per heavy atom. The smallest absolute Gasteiger partial charge is 0.252 e. The summed E-state index contributed by atoms with van der Waals surface area (Å²) in [5.74, 6) is -0.299. The molecule has 4 N–H and O–H groups in total. The molecule has 16 heteroatoms. The maximum atomic E-state index is 12.6. The molecule has 13 nitrogen and oxygen atoms in total. The minimum atomic E-state index is -0.116. The number of amides is 3. The van der Waals surface area contributed by atoms with Crippen molar-refractivity contribution in [2.24, 2.45) is 15.9 Å². The second-order valence-corrected chi connectivity index (χ2v) is 23.4. The van der Waals surface area contributed by atoms with Gasteiger partial charge in [0.05, 0.1) is 46.7 Å². The molecule has 6 heterocycles. The van der Waals surface area contributed by atoms with Gasteiger partial charge in [-0.1, -0.05) is 102 Å². The van der Waals surface area contributed by atoms with Gasteiger partial charge in [0.15, 0.2) is 0 Å². The lowest BCUT2D eigenvalue weighted by Crippen LogP contribution is -2.47. The molecule has 4 aromatic heterocycles. The largest absolute Gasteiger partial charge is 0.355 e. The molecule has 10 aromatic rings. The molecule has 2 unspecified atom stereocenters. The number of allylic oxidation sites excluding steroid dienone is 1. The Morgan fingerprint density at radius 1 is 0.476 bits per heavy atom. The third kappa shape index (κ3) is 11.5. The predicted molar refractivity (Wildman–Crippen MR) is 335 cm³/mol. The highest BCUT2D eigenvalue weighted by Gasteiger charge is 2.57. The van der Waals surface area contributed by atoms with Gasteiger partial charge < -0.3 is 16.0 Å². The SMILES string of the molecule is CNC(=O)c1ccccc1Sc1ccc2c(c1)CN=C2/C=C\c1ccccn1.CNC(=O)c1ccccc1Sc1ccc2c(c1)CN=C2C1C(c2ccccn2)C(c2[nH]nc3cc(Sc4ccccc4C(=O)NC)ccc23)C1c1ccccn1. The fourth-order valence-corrected chi connectivity index (χ4v) is 14.3. The lowest BCUT2D eigenvalue weighted by Gasteiger charge is -2.51. The van der Waals surface area contributed by atoms with Crippen LogP contribution in [-0.4, -0.2) is 75.4 Å². The molecule has 6 aromatic carbocycles. The molecule has 3 amide bonds. The Balaban J connectivity index is 0.000000207. The van der Waals surface area contributed by atoms with Crippen molar-refractivity contribution in [3.8, 4) is 0 Å². The number of H-pyrrole nitrogens is 1. The van der Waals surface area contributed by atoms with Gasteiger partial charge >= 0.3 is 0 Å². The van der Waals surface area contributed by atoms with Crippen LogP contribution in [0.5, 0.6) is 0 Å². The zero-order chi connectivity index (χ0) is 57.5. The minimum absolute atomic E-state index is 0.00137. The van der Waals surface area contributed by atoms with E-state index in [9.17, 15) is 14.4 Å². The van der Waals surface area contributed by atoms with Crippen molar-refractivity contribution >= 4 is 81.4 Å². The Labute approximate surface area is 499 Å². The first kappa shape index (κ1) is 55.3. The van der Waals surface area contributed by atoms with Crippen LogP contribution in [0.1, 0.15) is 93.9 Å². The lowest BCUT2D eigenvalue weighted by atomic mass is 9.51. The van der Waals surface area contributed by atoms with E-state index in [1.165, 1.54) is 11.1 Å². The molecule has 3 aliphatic rings. The fourth-order valence-electron chi connectivity index (χ4n) is 11.3. The molecule has 84 heavy (non-hydrogen) atoms. The summed E-state index contributed by atoms with van der Waals surface area (Å²) in [6, 6.07) is 60.3. The van der Waals surface area contributed by atoms with Gasteiger partial charge in [0.1, 0.15) is 0 Å². The quantitative estimate of drug-likeness (QED) is 0.0772. The van der Waals surface area contributed by atoms with Crippen LogP contribution in [0.4, 0.5) is 0 Å². The van der Waals surface area contributed by atoms with E-state index in [0.717, 1.165) is 85.6 Å². The van der Waals surface area contributed by atoms with E-state index in [1.54, 1.807) is 62.6 Å². The van der Waals surface area contributed by atoms with Crippen molar-refractivity contribution in [2.75, 3.05) is 21.1 Å². The second kappa shape index (κ2) is 25.1. The third-order valence-corrected chi connectivity index (χ3v) is 18.4. The van der Waals surface area contributed by atoms with Crippen LogP contribution in [-0.2, 0) is 13.1 Å². The number of nitrogens with one attached hydrogen (secondary N) is 4. The van der Waals surface area contributed by atoms with Gasteiger partial charge in [0.2, 0.25) is 0 Å². The van der Waals surface area contributed by atoms with Crippen LogP contribution in [0.15, 0.2) is 246 Å². The van der Waals surface area contributed by atoms with Gasteiger partial charge in [-0.2, -0.15) is 5.10 Å². The first-order valence-corrected chi connectivity index (χ1v) is 29.9. The molecule has 0 spiro atoms. The van der Waals surface area contributed by atoms with Crippen LogP contribution < -0.4 is 16.0 Å². The zero-order valence-electron chi connectivity index (χ0n) is 46.1. The Hall–Kier alpha value is -9.22. The number of benzene rings is 6. The van der Waals surface area contributed by atoms with E-state index in [0.29, 0.717) is 29.8 Å². The van der Waals surface area contributed by atoms with E-state index >= 15 is 0 Å². The maximum Gasteiger partial charge on any atom is 0.252 e. The van der Waals surface area contributed by atoms with Gasteiger partial charge in [-0.25, -0.2) is 0 Å². The van der Waals surface area contributed by atoms with Crippen molar-refractivity contribution in [2.45, 2.75) is 60.2 Å². The highest BCUT2D eigenvalue weighted by atomic mass is 32.2. The van der Waals surface area contributed by atoms with E-state index in [-0.39, 0.29) is 41.4 Å². The van der Waals surface area contributed by atoms with Gasteiger partial charge in [-0.3, -0.25) is 44.4 Å². The summed E-state index contributed by atoms with van der Waals surface area (Å²) in [4.78, 5) is 67.3. The van der Waals surface area contributed by atoms with Gasteiger partial charge in [0.25, 0.3) is 17.7 Å². The van der Waals surface area contributed by atoms with E-state index < -0.39 is 0 Å². The van der Waals surface area contributed by atoms with Crippen molar-refractivity contribution in [1.82, 2.24) is 41.1 Å². The number of pyridine rings is 3. The number of fused-ring (bicyclic) bond motifs is 3. The number of aliphatic imine (C=N–C) groups is 2. The number of aromatic nitrogens is 5. The van der Waals surface area contributed by atoms with Crippen LogP contribution in [0.3, 0.4) is 0 Å². The molecule has 13 rings (SSSR count). The number of carbonyl (C=O) groups excluding carboxylic acids is 3. The van der Waals surface area contributed by atoms with E-state index in [2.05, 4.69) is 110 Å². The van der Waals surface area contributed by atoms with Crippen molar-refractivity contribution < 1.29 is 14.4 Å². The Bertz CT molecular complexity index is 4140. The molecule has 1 aliphatic carbocycles. The molecule has 2 atom stereocenters.